The van der Waals surface area contributed by atoms with Crippen LogP contribution in [-0.4, -0.2) is 17.8 Å². The summed E-state index contributed by atoms with van der Waals surface area (Å²) in [6, 6.07) is 9.79. The van der Waals surface area contributed by atoms with E-state index in [1.807, 2.05) is 29.2 Å². The van der Waals surface area contributed by atoms with Gasteiger partial charge in [0.15, 0.2) is 0 Å². The van der Waals surface area contributed by atoms with Crippen molar-refractivity contribution in [3.63, 3.8) is 0 Å². The maximum absolute atomic E-state index is 11.9. The summed E-state index contributed by atoms with van der Waals surface area (Å²) in [5, 5.41) is 9.53. The molecule has 3 nitrogen and oxygen atoms in total. The highest BCUT2D eigenvalue weighted by atomic mass is 79.9. The van der Waals surface area contributed by atoms with E-state index in [9.17, 15) is 4.79 Å². The van der Waals surface area contributed by atoms with Crippen LogP contribution >= 0.6 is 15.9 Å². The van der Waals surface area contributed by atoms with E-state index in [4.69, 9.17) is 5.26 Å². The Morgan fingerprint density at radius 2 is 2.35 bits per heavy atom. The van der Waals surface area contributed by atoms with E-state index in [1.165, 1.54) is 0 Å². The van der Waals surface area contributed by atoms with Gasteiger partial charge in [-0.15, -0.1) is 0 Å². The molecule has 0 radical (unpaired) electrons. The number of rotatable bonds is 3. The van der Waals surface area contributed by atoms with Crippen molar-refractivity contribution in [2.75, 3.05) is 16.8 Å². The predicted octanol–water partition coefficient (Wildman–Crippen LogP) is 2.50. The molecule has 1 fully saturated rings. The fourth-order valence-corrected chi connectivity index (χ4v) is 2.49. The first-order chi connectivity index (χ1) is 8.24. The van der Waals surface area contributed by atoms with Crippen LogP contribution < -0.4 is 4.90 Å². The topological polar surface area (TPSA) is 44.1 Å². The van der Waals surface area contributed by atoms with E-state index in [2.05, 4.69) is 22.0 Å². The Labute approximate surface area is 109 Å². The SMILES string of the molecule is N#CCc1cccc(N2CC(CBr)CC2=O)c1. The third kappa shape index (κ3) is 2.67. The van der Waals surface area contributed by atoms with E-state index >= 15 is 0 Å². The molecule has 1 atom stereocenters. The summed E-state index contributed by atoms with van der Waals surface area (Å²) in [6.45, 7) is 0.764. The molecule has 0 N–H and O–H groups in total. The number of hydrogen-bond acceptors (Lipinski definition) is 2. The van der Waals surface area contributed by atoms with Gasteiger partial charge in [-0.3, -0.25) is 4.79 Å². The van der Waals surface area contributed by atoms with Gasteiger partial charge in [-0.05, 0) is 23.6 Å². The first-order valence-corrected chi connectivity index (χ1v) is 6.69. The van der Waals surface area contributed by atoms with Crippen LogP contribution in [0.5, 0.6) is 0 Å². The lowest BCUT2D eigenvalue weighted by molar-refractivity contribution is -0.117. The molecule has 0 spiro atoms. The lowest BCUT2D eigenvalue weighted by Crippen LogP contribution is -2.24. The van der Waals surface area contributed by atoms with Crippen molar-refractivity contribution in [2.45, 2.75) is 12.8 Å². The number of amides is 1. The molecule has 0 bridgehead atoms. The Hall–Kier alpha value is -1.34. The van der Waals surface area contributed by atoms with Crippen LogP contribution in [0, 0.1) is 17.2 Å². The average Bonchev–Trinajstić information content (AvgIpc) is 2.71. The van der Waals surface area contributed by atoms with Gasteiger partial charge in [0.25, 0.3) is 0 Å². The molecule has 1 saturated heterocycles. The van der Waals surface area contributed by atoms with Gasteiger partial charge in [0, 0.05) is 24.0 Å². The van der Waals surface area contributed by atoms with Crippen molar-refractivity contribution >= 4 is 27.5 Å². The second-order valence-corrected chi connectivity index (χ2v) is 4.88. The van der Waals surface area contributed by atoms with E-state index in [0.29, 0.717) is 18.8 Å². The van der Waals surface area contributed by atoms with Crippen molar-refractivity contribution in [3.05, 3.63) is 29.8 Å². The molecule has 17 heavy (non-hydrogen) atoms. The fraction of sp³-hybridized carbons (Fsp3) is 0.385. The maximum Gasteiger partial charge on any atom is 0.227 e. The molecule has 1 aromatic carbocycles. The first-order valence-electron chi connectivity index (χ1n) is 5.57. The van der Waals surface area contributed by atoms with Gasteiger partial charge in [0.1, 0.15) is 0 Å². The number of nitriles is 1. The minimum absolute atomic E-state index is 0.170. The van der Waals surface area contributed by atoms with E-state index in [-0.39, 0.29) is 5.91 Å². The van der Waals surface area contributed by atoms with E-state index in [0.717, 1.165) is 23.1 Å². The molecule has 1 aliphatic heterocycles. The van der Waals surface area contributed by atoms with Crippen molar-refractivity contribution in [3.8, 4) is 6.07 Å². The monoisotopic (exact) mass is 292 g/mol. The summed E-state index contributed by atoms with van der Waals surface area (Å²) in [7, 11) is 0. The van der Waals surface area contributed by atoms with Crippen LogP contribution in [0.25, 0.3) is 0 Å². The highest BCUT2D eigenvalue weighted by molar-refractivity contribution is 9.09. The number of carbonyl (C=O) groups excluding carboxylic acids is 1. The Bertz CT molecular complexity index is 467. The minimum Gasteiger partial charge on any atom is -0.312 e. The Kier molecular flexibility index (Phi) is 3.80. The molecule has 0 aromatic heterocycles. The number of nitrogens with zero attached hydrogens (tertiary/aromatic N) is 2. The summed E-state index contributed by atoms with van der Waals surface area (Å²) in [5.41, 5.74) is 1.87. The molecular weight excluding hydrogens is 280 g/mol. The molecule has 1 aromatic rings. The van der Waals surface area contributed by atoms with Crippen LogP contribution in [0.1, 0.15) is 12.0 Å². The summed E-state index contributed by atoms with van der Waals surface area (Å²) in [6.07, 6.45) is 0.992. The molecule has 1 unspecified atom stereocenters. The van der Waals surface area contributed by atoms with Crippen LogP contribution in [0.3, 0.4) is 0 Å². The third-order valence-electron chi connectivity index (χ3n) is 2.93. The molecule has 1 amide bonds. The Balaban J connectivity index is 2.20. The highest BCUT2D eigenvalue weighted by Crippen LogP contribution is 2.26. The molecule has 0 aliphatic carbocycles. The number of alkyl halides is 1. The quantitative estimate of drug-likeness (QED) is 0.804. The van der Waals surface area contributed by atoms with Crippen molar-refractivity contribution in [2.24, 2.45) is 5.92 Å². The molecule has 88 valence electrons. The number of benzene rings is 1. The molecule has 4 heteroatoms. The maximum atomic E-state index is 11.9. The van der Waals surface area contributed by atoms with Crippen molar-refractivity contribution in [1.29, 1.82) is 5.26 Å². The molecule has 0 saturated carbocycles. The van der Waals surface area contributed by atoms with Gasteiger partial charge in [0.2, 0.25) is 5.91 Å². The lowest BCUT2D eigenvalue weighted by Gasteiger charge is -2.17. The Morgan fingerprint density at radius 1 is 1.53 bits per heavy atom. The third-order valence-corrected chi connectivity index (χ3v) is 3.84. The summed E-state index contributed by atoms with van der Waals surface area (Å²) < 4.78 is 0. The van der Waals surface area contributed by atoms with Gasteiger partial charge in [0.05, 0.1) is 12.5 Å². The average molecular weight is 293 g/mol. The van der Waals surface area contributed by atoms with E-state index < -0.39 is 0 Å². The number of halogens is 1. The molecular formula is C13H13BrN2O. The van der Waals surface area contributed by atoms with Crippen molar-refractivity contribution < 1.29 is 4.79 Å². The van der Waals surface area contributed by atoms with E-state index in [1.54, 1.807) is 0 Å². The smallest absolute Gasteiger partial charge is 0.227 e. The fourth-order valence-electron chi connectivity index (χ4n) is 2.06. The second-order valence-electron chi connectivity index (χ2n) is 4.23. The molecule has 1 aliphatic rings. The zero-order valence-electron chi connectivity index (χ0n) is 9.40. The first kappa shape index (κ1) is 12.1. The van der Waals surface area contributed by atoms with Gasteiger partial charge in [-0.1, -0.05) is 28.1 Å². The Morgan fingerprint density at radius 3 is 3.00 bits per heavy atom. The minimum atomic E-state index is 0.170. The van der Waals surface area contributed by atoms with Gasteiger partial charge in [-0.2, -0.15) is 5.26 Å². The number of anilines is 1. The number of hydrogen-bond donors (Lipinski definition) is 0. The summed E-state index contributed by atoms with van der Waals surface area (Å²) in [4.78, 5) is 13.7. The van der Waals surface area contributed by atoms with Crippen LogP contribution in [0.4, 0.5) is 5.69 Å². The van der Waals surface area contributed by atoms with Crippen LogP contribution in [-0.2, 0) is 11.2 Å². The normalized spacial score (nSPS) is 19.4. The predicted molar refractivity (Wildman–Crippen MR) is 70.0 cm³/mol. The van der Waals surface area contributed by atoms with Gasteiger partial charge >= 0.3 is 0 Å². The van der Waals surface area contributed by atoms with Gasteiger partial charge < -0.3 is 4.90 Å². The van der Waals surface area contributed by atoms with Crippen LogP contribution in [0.15, 0.2) is 24.3 Å². The van der Waals surface area contributed by atoms with Gasteiger partial charge in [-0.25, -0.2) is 0 Å². The lowest BCUT2D eigenvalue weighted by atomic mass is 10.1. The van der Waals surface area contributed by atoms with Crippen molar-refractivity contribution in [1.82, 2.24) is 0 Å². The zero-order chi connectivity index (χ0) is 12.3. The van der Waals surface area contributed by atoms with Crippen LogP contribution in [0.2, 0.25) is 0 Å². The second kappa shape index (κ2) is 5.33. The molecule has 1 heterocycles. The molecule has 2 rings (SSSR count). The summed E-state index contributed by atoms with van der Waals surface area (Å²) >= 11 is 3.42. The summed E-state index contributed by atoms with van der Waals surface area (Å²) in [5.74, 6) is 0.561. The standard InChI is InChI=1S/C13H13BrN2O/c14-8-11-7-13(17)16(9-11)12-3-1-2-10(6-12)4-5-15/h1-3,6,11H,4,7-9H2. The zero-order valence-corrected chi connectivity index (χ0v) is 11.0. The number of carbonyl (C=O) groups is 1. The highest BCUT2D eigenvalue weighted by Gasteiger charge is 2.29. The largest absolute Gasteiger partial charge is 0.312 e.